The first-order valence-corrected chi connectivity index (χ1v) is 9.11. The third-order valence-corrected chi connectivity index (χ3v) is 4.74. The van der Waals surface area contributed by atoms with E-state index in [1.807, 2.05) is 19.1 Å². The Morgan fingerprint density at radius 2 is 2.04 bits per heavy atom. The second-order valence-corrected chi connectivity index (χ2v) is 6.83. The minimum atomic E-state index is -0.101. The Balaban J connectivity index is 1.65. The van der Waals surface area contributed by atoms with Gasteiger partial charge in [0.1, 0.15) is 11.9 Å². The van der Waals surface area contributed by atoms with Crippen LogP contribution in [0.5, 0.6) is 5.75 Å². The molecule has 0 saturated heterocycles. The molecule has 6 nitrogen and oxygen atoms in total. The number of hydrogen-bond donors (Lipinski definition) is 0. The molecule has 7 heteroatoms. The molecule has 138 valence electrons. The van der Waals surface area contributed by atoms with E-state index in [-0.39, 0.29) is 12.0 Å². The molecule has 0 bridgehead atoms. The van der Waals surface area contributed by atoms with E-state index in [2.05, 4.69) is 10.1 Å². The summed E-state index contributed by atoms with van der Waals surface area (Å²) in [5, 5.41) is 4.46. The van der Waals surface area contributed by atoms with Crippen LogP contribution in [-0.2, 0) is 0 Å². The third kappa shape index (κ3) is 3.40. The molecular formula is C20H18ClN3O3. The van der Waals surface area contributed by atoms with Gasteiger partial charge in [0, 0.05) is 23.1 Å². The monoisotopic (exact) mass is 383 g/mol. The van der Waals surface area contributed by atoms with Crippen molar-refractivity contribution in [2.24, 2.45) is 0 Å². The molecule has 1 aromatic heterocycles. The number of hydrogen-bond acceptors (Lipinski definition) is 5. The number of halogens is 1. The van der Waals surface area contributed by atoms with Crippen molar-refractivity contribution in [1.29, 1.82) is 0 Å². The average molecular weight is 384 g/mol. The van der Waals surface area contributed by atoms with Crippen LogP contribution < -0.4 is 9.64 Å². The molecule has 0 fully saturated rings. The third-order valence-electron chi connectivity index (χ3n) is 4.51. The van der Waals surface area contributed by atoms with Crippen molar-refractivity contribution >= 4 is 23.2 Å². The van der Waals surface area contributed by atoms with Gasteiger partial charge in [-0.3, -0.25) is 4.79 Å². The van der Waals surface area contributed by atoms with E-state index in [1.54, 1.807) is 42.2 Å². The SMILES string of the molecule is CC[C@@H]1CN(C(=O)c2ccc(-c3noc(C)n3)cc2)c2cc(Cl)ccc2O1. The maximum Gasteiger partial charge on any atom is 0.258 e. The standard InChI is InChI=1S/C20H18ClN3O3/c1-3-16-11-24(17-10-15(21)8-9-18(17)26-16)20(25)14-6-4-13(5-7-14)19-22-12(2)27-23-19/h4-10,16H,3,11H2,1-2H3/t16-/m1/s1. The maximum atomic E-state index is 13.2. The number of ether oxygens (including phenoxy) is 1. The molecule has 27 heavy (non-hydrogen) atoms. The van der Waals surface area contributed by atoms with E-state index >= 15 is 0 Å². The molecule has 2 aromatic carbocycles. The molecule has 0 unspecified atom stereocenters. The molecule has 0 saturated carbocycles. The molecule has 1 amide bonds. The lowest BCUT2D eigenvalue weighted by atomic mass is 10.1. The van der Waals surface area contributed by atoms with E-state index in [0.717, 1.165) is 12.0 Å². The summed E-state index contributed by atoms with van der Waals surface area (Å²) in [6, 6.07) is 12.5. The second kappa shape index (κ2) is 7.04. The van der Waals surface area contributed by atoms with Crippen LogP contribution >= 0.6 is 11.6 Å². The zero-order valence-electron chi connectivity index (χ0n) is 15.0. The van der Waals surface area contributed by atoms with Crippen LogP contribution in [0.25, 0.3) is 11.4 Å². The summed E-state index contributed by atoms with van der Waals surface area (Å²) in [6.45, 7) is 4.25. The van der Waals surface area contributed by atoms with E-state index in [4.69, 9.17) is 20.9 Å². The Hall–Kier alpha value is -2.86. The second-order valence-electron chi connectivity index (χ2n) is 6.39. The normalized spacial score (nSPS) is 16.0. The molecule has 0 N–H and O–H groups in total. The molecular weight excluding hydrogens is 366 g/mol. The van der Waals surface area contributed by atoms with Gasteiger partial charge in [0.05, 0.1) is 12.2 Å². The van der Waals surface area contributed by atoms with Gasteiger partial charge in [-0.2, -0.15) is 4.98 Å². The molecule has 4 rings (SSSR count). The predicted octanol–water partition coefficient (Wildman–Crippen LogP) is 4.52. The summed E-state index contributed by atoms with van der Waals surface area (Å²) in [6.07, 6.45) is 0.756. The van der Waals surface area contributed by atoms with Gasteiger partial charge in [-0.05, 0) is 36.8 Å². The number of amides is 1. The predicted molar refractivity (Wildman–Crippen MR) is 102 cm³/mol. The number of carbonyl (C=O) groups is 1. The van der Waals surface area contributed by atoms with Crippen LogP contribution in [-0.4, -0.2) is 28.7 Å². The number of nitrogens with zero attached hydrogens (tertiary/aromatic N) is 3. The zero-order valence-corrected chi connectivity index (χ0v) is 15.7. The molecule has 0 aliphatic carbocycles. The summed E-state index contributed by atoms with van der Waals surface area (Å²) >= 11 is 6.14. The largest absolute Gasteiger partial charge is 0.486 e. The highest BCUT2D eigenvalue weighted by atomic mass is 35.5. The number of benzene rings is 2. The highest BCUT2D eigenvalue weighted by Crippen LogP contribution is 2.37. The van der Waals surface area contributed by atoms with Gasteiger partial charge in [-0.15, -0.1) is 0 Å². The van der Waals surface area contributed by atoms with Crippen LogP contribution in [0.1, 0.15) is 29.6 Å². The van der Waals surface area contributed by atoms with Crippen molar-refractivity contribution in [3.05, 3.63) is 58.9 Å². The minimum absolute atomic E-state index is 0.0517. The molecule has 0 spiro atoms. The van der Waals surface area contributed by atoms with Crippen LogP contribution in [0, 0.1) is 6.92 Å². The Labute approximate surface area is 161 Å². The first-order chi connectivity index (χ1) is 13.0. The first-order valence-electron chi connectivity index (χ1n) is 8.74. The first kappa shape index (κ1) is 17.5. The summed E-state index contributed by atoms with van der Waals surface area (Å²) in [5.74, 6) is 1.57. The fourth-order valence-corrected chi connectivity index (χ4v) is 3.23. The molecule has 0 radical (unpaired) electrons. The molecule has 1 atom stereocenters. The Morgan fingerprint density at radius 1 is 1.26 bits per heavy atom. The number of aromatic nitrogens is 2. The Bertz CT molecular complexity index is 984. The van der Waals surface area contributed by atoms with E-state index < -0.39 is 0 Å². The van der Waals surface area contributed by atoms with Gasteiger partial charge in [0.25, 0.3) is 5.91 Å². The van der Waals surface area contributed by atoms with Gasteiger partial charge in [0.2, 0.25) is 11.7 Å². The van der Waals surface area contributed by atoms with Gasteiger partial charge < -0.3 is 14.2 Å². The Kier molecular flexibility index (Phi) is 4.58. The summed E-state index contributed by atoms with van der Waals surface area (Å²) < 4.78 is 11.0. The average Bonchev–Trinajstić information content (AvgIpc) is 3.13. The van der Waals surface area contributed by atoms with Crippen molar-refractivity contribution in [3.63, 3.8) is 0 Å². The fraction of sp³-hybridized carbons (Fsp3) is 0.250. The van der Waals surface area contributed by atoms with E-state index in [0.29, 0.717) is 40.3 Å². The number of aryl methyl sites for hydroxylation is 1. The summed E-state index contributed by atoms with van der Waals surface area (Å²) in [4.78, 5) is 19.1. The van der Waals surface area contributed by atoms with Crippen LogP contribution in [0.2, 0.25) is 5.02 Å². The van der Waals surface area contributed by atoms with Crippen molar-refractivity contribution in [3.8, 4) is 17.1 Å². The van der Waals surface area contributed by atoms with Crippen molar-refractivity contribution < 1.29 is 14.1 Å². The zero-order chi connectivity index (χ0) is 19.0. The van der Waals surface area contributed by atoms with Crippen LogP contribution in [0.15, 0.2) is 47.0 Å². The summed E-state index contributed by atoms with van der Waals surface area (Å²) in [5.41, 5.74) is 2.05. The molecule has 2 heterocycles. The van der Waals surface area contributed by atoms with Crippen molar-refractivity contribution in [1.82, 2.24) is 10.1 Å². The van der Waals surface area contributed by atoms with Gasteiger partial charge in [0.15, 0.2) is 0 Å². The van der Waals surface area contributed by atoms with Crippen molar-refractivity contribution in [2.45, 2.75) is 26.4 Å². The lowest BCUT2D eigenvalue weighted by Gasteiger charge is -2.34. The maximum absolute atomic E-state index is 13.2. The van der Waals surface area contributed by atoms with E-state index in [1.165, 1.54) is 0 Å². The van der Waals surface area contributed by atoms with Crippen molar-refractivity contribution in [2.75, 3.05) is 11.4 Å². The fourth-order valence-electron chi connectivity index (χ4n) is 3.06. The highest BCUT2D eigenvalue weighted by molar-refractivity contribution is 6.31. The smallest absolute Gasteiger partial charge is 0.258 e. The van der Waals surface area contributed by atoms with E-state index in [9.17, 15) is 4.79 Å². The number of rotatable bonds is 3. The molecule has 3 aromatic rings. The van der Waals surface area contributed by atoms with Crippen LogP contribution in [0.4, 0.5) is 5.69 Å². The number of anilines is 1. The minimum Gasteiger partial charge on any atom is -0.486 e. The quantitative estimate of drug-likeness (QED) is 0.665. The van der Waals surface area contributed by atoms with Gasteiger partial charge in [-0.25, -0.2) is 0 Å². The molecule has 1 aliphatic rings. The summed E-state index contributed by atoms with van der Waals surface area (Å²) in [7, 11) is 0. The topological polar surface area (TPSA) is 68.5 Å². The lowest BCUT2D eigenvalue weighted by molar-refractivity contribution is 0.0954. The lowest BCUT2D eigenvalue weighted by Crippen LogP contribution is -2.43. The Morgan fingerprint density at radius 3 is 2.70 bits per heavy atom. The number of carbonyl (C=O) groups excluding carboxylic acids is 1. The highest BCUT2D eigenvalue weighted by Gasteiger charge is 2.30. The number of fused-ring (bicyclic) bond motifs is 1. The van der Waals surface area contributed by atoms with Gasteiger partial charge >= 0.3 is 0 Å². The van der Waals surface area contributed by atoms with Gasteiger partial charge in [-0.1, -0.05) is 35.8 Å². The molecule has 1 aliphatic heterocycles. The van der Waals surface area contributed by atoms with Crippen LogP contribution in [0.3, 0.4) is 0 Å².